The molecule has 0 heterocycles. The van der Waals surface area contributed by atoms with Crippen molar-refractivity contribution < 1.29 is 74.4 Å². The molecule has 0 fully saturated rings. The van der Waals surface area contributed by atoms with Crippen molar-refractivity contribution in [3.63, 3.8) is 0 Å². The first-order valence-corrected chi connectivity index (χ1v) is 11.1. The zero-order chi connectivity index (χ0) is 30.5. The quantitative estimate of drug-likeness (QED) is 0.0483. The van der Waals surface area contributed by atoms with E-state index in [-0.39, 0.29) is 223 Å². The SMILES string of the molecule is O=C(O)CN(CCN(CC(=O)O)CC(=O)O)CC(=O)O.O=C(O)CN(CCO)CCN(CC(=O)O)CC(=O)O.[NaH].[NaH].[NaH].[NaH].[NaH].[NaH]. The molecule has 0 aliphatic carbocycles. The number of carbonyl (C=O) groups is 7. The summed E-state index contributed by atoms with van der Waals surface area (Å²) in [6, 6.07) is 0. The van der Waals surface area contributed by atoms with Crippen LogP contribution in [0, 0.1) is 0 Å². The molecule has 0 atom stereocenters. The third kappa shape index (κ3) is 48.3. The van der Waals surface area contributed by atoms with E-state index < -0.39 is 81.1 Å². The molecule has 0 saturated carbocycles. The molecule has 0 aliphatic rings. The average Bonchev–Trinajstić information content (AvgIpc) is 2.73. The average molecular weight is 714 g/mol. The van der Waals surface area contributed by atoms with Gasteiger partial charge in [-0.05, 0) is 0 Å². The van der Waals surface area contributed by atoms with Crippen LogP contribution in [0.25, 0.3) is 0 Å². The molecule has 236 valence electrons. The van der Waals surface area contributed by atoms with Gasteiger partial charge in [-0.25, -0.2) is 0 Å². The van der Waals surface area contributed by atoms with Gasteiger partial charge >= 0.3 is 219 Å². The third-order valence-corrected chi connectivity index (χ3v) is 4.39. The molecule has 0 saturated heterocycles. The van der Waals surface area contributed by atoms with Crippen LogP contribution in [0.1, 0.15) is 0 Å². The van der Waals surface area contributed by atoms with Crippen molar-refractivity contribution >= 4 is 219 Å². The first kappa shape index (κ1) is 65.5. The Labute approximate surface area is 392 Å². The van der Waals surface area contributed by atoms with Crippen molar-refractivity contribution in [2.45, 2.75) is 0 Å². The fourth-order valence-electron chi connectivity index (χ4n) is 2.96. The Morgan fingerprint density at radius 2 is 0.467 bits per heavy atom. The second-order valence-electron chi connectivity index (χ2n) is 7.89. The van der Waals surface area contributed by atoms with Gasteiger partial charge in [0, 0.05) is 32.7 Å². The maximum absolute atomic E-state index is 10.6. The Morgan fingerprint density at radius 3 is 0.622 bits per heavy atom. The summed E-state index contributed by atoms with van der Waals surface area (Å²) in [6.45, 7) is -3.28. The Hall–Kier alpha value is 2.09. The summed E-state index contributed by atoms with van der Waals surface area (Å²) >= 11 is 0. The second-order valence-corrected chi connectivity index (χ2v) is 7.89. The molecule has 0 bridgehead atoms. The summed E-state index contributed by atoms with van der Waals surface area (Å²) in [6.07, 6.45) is 0. The van der Waals surface area contributed by atoms with Crippen molar-refractivity contribution in [1.82, 2.24) is 19.6 Å². The number of carboxylic acids is 7. The number of carboxylic acid groups (broad SMARTS) is 7. The van der Waals surface area contributed by atoms with Gasteiger partial charge in [-0.3, -0.25) is 53.2 Å². The maximum atomic E-state index is 10.6. The van der Waals surface area contributed by atoms with Gasteiger partial charge in [-0.2, -0.15) is 0 Å². The van der Waals surface area contributed by atoms with Crippen LogP contribution in [0.5, 0.6) is 0 Å². The van der Waals surface area contributed by atoms with E-state index in [1.807, 2.05) is 0 Å². The van der Waals surface area contributed by atoms with Crippen LogP contribution < -0.4 is 0 Å². The summed E-state index contributed by atoms with van der Waals surface area (Å²) in [5.41, 5.74) is 0. The molecule has 0 amide bonds. The summed E-state index contributed by atoms with van der Waals surface area (Å²) in [4.78, 5) is 78.6. The van der Waals surface area contributed by atoms with Crippen LogP contribution in [0.2, 0.25) is 0 Å². The summed E-state index contributed by atoms with van der Waals surface area (Å²) in [5, 5.41) is 69.1. The molecular formula is C20H40N4Na6O15. The molecule has 0 aliphatic heterocycles. The predicted molar refractivity (Wildman–Crippen MR) is 169 cm³/mol. The van der Waals surface area contributed by atoms with Crippen LogP contribution in [0.4, 0.5) is 0 Å². The van der Waals surface area contributed by atoms with E-state index in [1.54, 1.807) is 0 Å². The number of nitrogens with zero attached hydrogens (tertiary/aromatic N) is 4. The molecule has 0 unspecified atom stereocenters. The van der Waals surface area contributed by atoms with Crippen LogP contribution in [0.15, 0.2) is 0 Å². The van der Waals surface area contributed by atoms with Gasteiger partial charge in [0.2, 0.25) is 0 Å². The first-order chi connectivity index (χ1) is 18.0. The van der Waals surface area contributed by atoms with Gasteiger partial charge in [-0.15, -0.1) is 0 Å². The third-order valence-electron chi connectivity index (χ3n) is 4.39. The van der Waals surface area contributed by atoms with Gasteiger partial charge in [-0.1, -0.05) is 0 Å². The molecule has 0 radical (unpaired) electrons. The number of hydrogen-bond donors (Lipinski definition) is 8. The zero-order valence-corrected chi connectivity index (χ0v) is 20.9. The molecule has 0 spiro atoms. The van der Waals surface area contributed by atoms with Crippen molar-refractivity contribution in [2.24, 2.45) is 0 Å². The molecule has 0 rings (SSSR count). The van der Waals surface area contributed by atoms with Gasteiger partial charge in [0.1, 0.15) is 0 Å². The van der Waals surface area contributed by atoms with Crippen molar-refractivity contribution in [1.29, 1.82) is 0 Å². The molecule has 19 nitrogen and oxygen atoms in total. The Kier molecular flexibility index (Phi) is 58.9. The second kappa shape index (κ2) is 40.5. The molecule has 8 N–H and O–H groups in total. The molecule has 25 heteroatoms. The number of aliphatic hydroxyl groups is 1. The van der Waals surface area contributed by atoms with E-state index in [0.29, 0.717) is 0 Å². The number of aliphatic carboxylic acids is 7. The fourth-order valence-corrected chi connectivity index (χ4v) is 2.96. The van der Waals surface area contributed by atoms with Crippen LogP contribution in [-0.4, -0.2) is 365 Å². The molecular weight excluding hydrogens is 674 g/mol. The summed E-state index contributed by atoms with van der Waals surface area (Å²) in [5.74, 6) is -8.30. The number of hydrogen-bond acceptors (Lipinski definition) is 12. The standard InChI is InChI=1S/C10H16N2O8.C10H18N2O7.6Na.6H/c13-7(14)3-11(4-8(15)16)1-2-12(5-9(17)18)6-10(19)20;13-4-3-11(5-8(14)15)1-2-12(6-9(16)17)7-10(18)19;;;;;;;;;;;;/h1-6H2,(H,13,14)(H,15,16)(H,17,18)(H,19,20);13H,1-7H2,(H,14,15)(H,16,17)(H,18,19);;;;;;;;;;;;. The molecule has 0 aromatic carbocycles. The van der Waals surface area contributed by atoms with Gasteiger partial charge in [0.15, 0.2) is 0 Å². The monoisotopic (exact) mass is 714 g/mol. The Morgan fingerprint density at radius 1 is 0.311 bits per heavy atom. The fraction of sp³-hybridized carbons (Fsp3) is 0.650. The Bertz CT molecular complexity index is 779. The van der Waals surface area contributed by atoms with Gasteiger partial charge in [0.05, 0.1) is 52.4 Å². The first-order valence-electron chi connectivity index (χ1n) is 11.1. The molecule has 45 heavy (non-hydrogen) atoms. The van der Waals surface area contributed by atoms with Crippen LogP contribution in [0.3, 0.4) is 0 Å². The van der Waals surface area contributed by atoms with Gasteiger partial charge < -0.3 is 40.9 Å². The van der Waals surface area contributed by atoms with E-state index >= 15 is 0 Å². The zero-order valence-electron chi connectivity index (χ0n) is 20.9. The minimum atomic E-state index is -1.23. The van der Waals surface area contributed by atoms with E-state index in [1.165, 1.54) is 9.80 Å². The topological polar surface area (TPSA) is 294 Å². The number of aliphatic hydroxyl groups excluding tert-OH is 1. The van der Waals surface area contributed by atoms with Crippen molar-refractivity contribution in [3.8, 4) is 0 Å². The van der Waals surface area contributed by atoms with E-state index in [4.69, 9.17) is 40.9 Å². The van der Waals surface area contributed by atoms with Crippen LogP contribution >= 0.6 is 0 Å². The van der Waals surface area contributed by atoms with Crippen molar-refractivity contribution in [3.05, 3.63) is 0 Å². The number of rotatable bonds is 22. The van der Waals surface area contributed by atoms with E-state index in [9.17, 15) is 33.6 Å². The summed E-state index contributed by atoms with van der Waals surface area (Å²) in [7, 11) is 0. The van der Waals surface area contributed by atoms with Crippen LogP contribution in [-0.2, 0) is 33.6 Å². The van der Waals surface area contributed by atoms with E-state index in [2.05, 4.69) is 0 Å². The normalized spacial score (nSPS) is 9.36. The molecule has 0 aromatic rings. The van der Waals surface area contributed by atoms with Crippen molar-refractivity contribution in [2.75, 3.05) is 85.1 Å². The predicted octanol–water partition coefficient (Wildman–Crippen LogP) is -8.13. The Balaban J connectivity index is -0.0000000896. The summed E-state index contributed by atoms with van der Waals surface area (Å²) < 4.78 is 0. The van der Waals surface area contributed by atoms with E-state index in [0.717, 1.165) is 9.80 Å². The van der Waals surface area contributed by atoms with Gasteiger partial charge in [0.25, 0.3) is 0 Å². The molecule has 0 aromatic heterocycles. The minimum absolute atomic E-state index is 0.